The number of hydrogen-bond acceptors (Lipinski definition) is 3. The van der Waals surface area contributed by atoms with Crippen molar-refractivity contribution in [3.05, 3.63) is 70.7 Å². The lowest BCUT2D eigenvalue weighted by Gasteiger charge is -2.11. The van der Waals surface area contributed by atoms with Gasteiger partial charge in [-0.25, -0.2) is 4.39 Å². The van der Waals surface area contributed by atoms with Gasteiger partial charge in [0.15, 0.2) is 0 Å². The van der Waals surface area contributed by atoms with Gasteiger partial charge < -0.3 is 14.5 Å². The van der Waals surface area contributed by atoms with Crippen molar-refractivity contribution in [3.63, 3.8) is 0 Å². The summed E-state index contributed by atoms with van der Waals surface area (Å²) >= 11 is 0. The number of halogens is 1. The zero-order chi connectivity index (χ0) is 21.1. The first-order valence-electron chi connectivity index (χ1n) is 10.4. The first-order chi connectivity index (χ1) is 14.5. The molecule has 0 aliphatic heterocycles. The predicted octanol–water partition coefficient (Wildman–Crippen LogP) is 5.22. The number of hydrogen-bond donors (Lipinski definition) is 1. The summed E-state index contributed by atoms with van der Waals surface area (Å²) in [5, 5.41) is 4.01. The highest BCUT2D eigenvalue weighted by atomic mass is 19.1. The van der Waals surface area contributed by atoms with Crippen LogP contribution in [0.4, 0.5) is 4.39 Å². The van der Waals surface area contributed by atoms with Crippen molar-refractivity contribution in [1.82, 2.24) is 5.32 Å². The highest BCUT2D eigenvalue weighted by Gasteiger charge is 2.20. The number of amides is 1. The Hall–Kier alpha value is -3.08. The summed E-state index contributed by atoms with van der Waals surface area (Å²) < 4.78 is 24.6. The first kappa shape index (κ1) is 20.2. The molecule has 0 atom stereocenters. The van der Waals surface area contributed by atoms with Crippen LogP contribution in [0, 0.1) is 5.82 Å². The molecule has 1 N–H and O–H groups in total. The summed E-state index contributed by atoms with van der Waals surface area (Å²) in [6.45, 7) is 2.40. The number of benzene rings is 2. The lowest BCUT2D eigenvalue weighted by atomic mass is 9.94. The average Bonchev–Trinajstić information content (AvgIpc) is 3.11. The third-order valence-electron chi connectivity index (χ3n) is 5.68. The molecule has 2 aromatic carbocycles. The lowest BCUT2D eigenvalue weighted by molar-refractivity contribution is -0.116. The molecule has 1 aromatic heterocycles. The van der Waals surface area contributed by atoms with E-state index in [0.29, 0.717) is 18.7 Å². The molecule has 1 aliphatic carbocycles. The number of fused-ring (bicyclic) bond motifs is 3. The van der Waals surface area contributed by atoms with E-state index in [-0.39, 0.29) is 11.7 Å². The van der Waals surface area contributed by atoms with E-state index in [1.54, 1.807) is 25.3 Å². The molecule has 1 heterocycles. The van der Waals surface area contributed by atoms with Gasteiger partial charge in [0, 0.05) is 41.6 Å². The van der Waals surface area contributed by atoms with E-state index >= 15 is 0 Å². The van der Waals surface area contributed by atoms with Crippen LogP contribution in [-0.4, -0.2) is 19.6 Å². The number of carbonyl (C=O) groups excluding carboxylic acids is 1. The van der Waals surface area contributed by atoms with Gasteiger partial charge in [-0.1, -0.05) is 12.1 Å². The molecule has 0 spiro atoms. The van der Waals surface area contributed by atoms with E-state index in [4.69, 9.17) is 9.15 Å². The zero-order valence-electron chi connectivity index (χ0n) is 17.4. The topological polar surface area (TPSA) is 51.5 Å². The van der Waals surface area contributed by atoms with Crippen LogP contribution in [0.5, 0.6) is 5.75 Å². The third kappa shape index (κ3) is 4.25. The van der Waals surface area contributed by atoms with Crippen molar-refractivity contribution >= 4 is 22.4 Å². The molecular weight excluding hydrogens is 381 g/mol. The largest absolute Gasteiger partial charge is 0.496 e. The van der Waals surface area contributed by atoms with E-state index in [9.17, 15) is 9.18 Å². The van der Waals surface area contributed by atoms with Crippen LogP contribution in [-0.2, 0) is 24.1 Å². The number of ether oxygens (including phenoxy) is 1. The molecule has 0 radical (unpaired) electrons. The number of methoxy groups -OCH3 is 1. The van der Waals surface area contributed by atoms with E-state index in [1.807, 2.05) is 13.0 Å². The fourth-order valence-electron chi connectivity index (χ4n) is 4.07. The van der Waals surface area contributed by atoms with Crippen molar-refractivity contribution in [1.29, 1.82) is 0 Å². The zero-order valence-corrected chi connectivity index (χ0v) is 17.4. The summed E-state index contributed by atoms with van der Waals surface area (Å²) in [5.41, 5.74) is 4.84. The molecule has 1 aliphatic rings. The molecule has 0 saturated heterocycles. The fraction of sp³-hybridized carbons (Fsp3) is 0.320. The highest BCUT2D eigenvalue weighted by molar-refractivity contribution is 5.97. The maximum Gasteiger partial charge on any atom is 0.244 e. The number of carbonyl (C=O) groups is 1. The predicted molar refractivity (Wildman–Crippen MR) is 116 cm³/mol. The molecular formula is C25H26FNO3. The Morgan fingerprint density at radius 1 is 1.20 bits per heavy atom. The Morgan fingerprint density at radius 3 is 2.73 bits per heavy atom. The maximum atomic E-state index is 13.0. The molecule has 3 aromatic rings. The molecule has 0 unspecified atom stereocenters. The van der Waals surface area contributed by atoms with Crippen LogP contribution in [0.25, 0.3) is 16.5 Å². The molecule has 4 nitrogen and oxygen atoms in total. The van der Waals surface area contributed by atoms with Gasteiger partial charge in [0.1, 0.15) is 22.9 Å². The van der Waals surface area contributed by atoms with E-state index in [1.165, 1.54) is 24.1 Å². The minimum atomic E-state index is -0.258. The van der Waals surface area contributed by atoms with Crippen molar-refractivity contribution in [3.8, 4) is 5.75 Å². The second-order valence-corrected chi connectivity index (χ2v) is 7.75. The normalized spacial score (nSPS) is 13.9. The van der Waals surface area contributed by atoms with Crippen molar-refractivity contribution in [2.45, 2.75) is 39.0 Å². The molecule has 0 bridgehead atoms. The van der Waals surface area contributed by atoms with Crippen LogP contribution in [0.15, 0.2) is 46.9 Å². The molecule has 1 amide bonds. The number of furan rings is 1. The summed E-state index contributed by atoms with van der Waals surface area (Å²) in [5.74, 6) is 1.36. The minimum Gasteiger partial charge on any atom is -0.496 e. The van der Waals surface area contributed by atoms with Gasteiger partial charge in [-0.2, -0.15) is 0 Å². The van der Waals surface area contributed by atoms with E-state index in [0.717, 1.165) is 52.7 Å². The maximum absolute atomic E-state index is 13.0. The Bertz CT molecular complexity index is 1100. The molecule has 0 fully saturated rings. The summed E-state index contributed by atoms with van der Waals surface area (Å²) in [7, 11) is 1.63. The lowest BCUT2D eigenvalue weighted by Crippen LogP contribution is -2.23. The van der Waals surface area contributed by atoms with Crippen LogP contribution < -0.4 is 10.1 Å². The fourth-order valence-corrected chi connectivity index (χ4v) is 4.07. The Morgan fingerprint density at radius 2 is 1.97 bits per heavy atom. The quantitative estimate of drug-likeness (QED) is 0.570. The minimum absolute atomic E-state index is 0.161. The highest BCUT2D eigenvalue weighted by Crippen LogP contribution is 2.37. The van der Waals surface area contributed by atoms with Gasteiger partial charge >= 0.3 is 0 Å². The van der Waals surface area contributed by atoms with Crippen LogP contribution in [0.3, 0.4) is 0 Å². The smallest absolute Gasteiger partial charge is 0.244 e. The second-order valence-electron chi connectivity index (χ2n) is 7.75. The Balaban J connectivity index is 1.50. The number of rotatable bonds is 6. The SMILES string of the molecule is COc1cc2oc3c(c2cc1/C(C)=C/C(=O)NCCc1ccc(F)cc1)CCCC3. The van der Waals surface area contributed by atoms with E-state index in [2.05, 4.69) is 11.4 Å². The summed E-state index contributed by atoms with van der Waals surface area (Å²) in [6.07, 6.45) is 6.59. The molecule has 156 valence electrons. The van der Waals surface area contributed by atoms with Crippen molar-refractivity contribution < 1.29 is 18.3 Å². The number of nitrogens with one attached hydrogen (secondary N) is 1. The number of allylic oxidation sites excluding steroid dienone is 1. The first-order valence-corrected chi connectivity index (χ1v) is 10.4. The molecule has 30 heavy (non-hydrogen) atoms. The average molecular weight is 407 g/mol. The van der Waals surface area contributed by atoms with Gasteiger partial charge in [-0.3, -0.25) is 4.79 Å². The number of aryl methyl sites for hydroxylation is 2. The van der Waals surface area contributed by atoms with Gasteiger partial charge in [0.25, 0.3) is 0 Å². The Labute approximate surface area is 175 Å². The van der Waals surface area contributed by atoms with Gasteiger partial charge in [0.05, 0.1) is 7.11 Å². The van der Waals surface area contributed by atoms with Crippen molar-refractivity contribution in [2.75, 3.05) is 13.7 Å². The second kappa shape index (κ2) is 8.74. The Kier molecular flexibility index (Phi) is 5.88. The molecule has 4 rings (SSSR count). The van der Waals surface area contributed by atoms with Crippen LogP contribution in [0.2, 0.25) is 0 Å². The van der Waals surface area contributed by atoms with Gasteiger partial charge in [0.2, 0.25) is 5.91 Å². The van der Waals surface area contributed by atoms with Crippen LogP contribution >= 0.6 is 0 Å². The summed E-state index contributed by atoms with van der Waals surface area (Å²) in [4.78, 5) is 12.4. The van der Waals surface area contributed by atoms with E-state index < -0.39 is 0 Å². The standard InChI is InChI=1S/C25H26FNO3/c1-16(13-25(28)27-12-11-17-7-9-18(26)10-8-17)20-14-21-19-5-3-4-6-22(19)30-24(21)15-23(20)29-2/h7-10,13-15H,3-6,11-12H2,1-2H3,(H,27,28)/b16-13+. The molecule has 0 saturated carbocycles. The van der Waals surface area contributed by atoms with Crippen LogP contribution in [0.1, 0.15) is 42.2 Å². The third-order valence-corrected chi connectivity index (χ3v) is 5.68. The molecule has 5 heteroatoms. The summed E-state index contributed by atoms with van der Waals surface area (Å²) in [6, 6.07) is 10.3. The van der Waals surface area contributed by atoms with Gasteiger partial charge in [-0.15, -0.1) is 0 Å². The van der Waals surface area contributed by atoms with Crippen molar-refractivity contribution in [2.24, 2.45) is 0 Å². The van der Waals surface area contributed by atoms with Gasteiger partial charge in [-0.05, 0) is 61.9 Å². The monoisotopic (exact) mass is 407 g/mol.